The van der Waals surface area contributed by atoms with E-state index in [0.29, 0.717) is 18.0 Å². The molecule has 3 saturated heterocycles. The summed E-state index contributed by atoms with van der Waals surface area (Å²) < 4.78 is 0. The van der Waals surface area contributed by atoms with E-state index in [-0.39, 0.29) is 5.92 Å². The van der Waals surface area contributed by atoms with E-state index in [9.17, 15) is 4.79 Å². The standard InChI is InChI=1S/C14H25N3O/c1-11-13(4-6-15-11)14(18)17-9-5-12(10-17)16-7-2-3-8-16/h11-13,15H,2-10H2,1H3. The molecule has 3 aliphatic rings. The van der Waals surface area contributed by atoms with Crippen LogP contribution in [-0.2, 0) is 4.79 Å². The maximum atomic E-state index is 12.5. The number of rotatable bonds is 2. The Kier molecular flexibility index (Phi) is 3.57. The molecule has 3 atom stereocenters. The molecule has 0 aromatic carbocycles. The highest BCUT2D eigenvalue weighted by Gasteiger charge is 2.37. The molecule has 4 nitrogen and oxygen atoms in total. The van der Waals surface area contributed by atoms with Crippen molar-refractivity contribution in [3.63, 3.8) is 0 Å². The zero-order valence-electron chi connectivity index (χ0n) is 11.4. The van der Waals surface area contributed by atoms with Crippen molar-refractivity contribution in [2.24, 2.45) is 5.92 Å². The maximum Gasteiger partial charge on any atom is 0.227 e. The topological polar surface area (TPSA) is 35.6 Å². The third kappa shape index (κ3) is 2.28. The molecule has 0 aliphatic carbocycles. The van der Waals surface area contributed by atoms with Crippen molar-refractivity contribution in [3.05, 3.63) is 0 Å². The highest BCUT2D eigenvalue weighted by Crippen LogP contribution is 2.24. The molecule has 0 aromatic heterocycles. The lowest BCUT2D eigenvalue weighted by atomic mass is 10.0. The molecule has 3 aliphatic heterocycles. The zero-order chi connectivity index (χ0) is 12.5. The summed E-state index contributed by atoms with van der Waals surface area (Å²) >= 11 is 0. The van der Waals surface area contributed by atoms with Crippen molar-refractivity contribution in [1.82, 2.24) is 15.1 Å². The Hall–Kier alpha value is -0.610. The Labute approximate surface area is 110 Å². The van der Waals surface area contributed by atoms with E-state index < -0.39 is 0 Å². The van der Waals surface area contributed by atoms with Crippen molar-refractivity contribution >= 4 is 5.91 Å². The first kappa shape index (κ1) is 12.4. The van der Waals surface area contributed by atoms with E-state index in [1.165, 1.54) is 32.4 Å². The van der Waals surface area contributed by atoms with Crippen LogP contribution in [0.4, 0.5) is 0 Å². The molecule has 3 unspecified atom stereocenters. The van der Waals surface area contributed by atoms with Crippen LogP contribution in [0.25, 0.3) is 0 Å². The maximum absolute atomic E-state index is 12.5. The fourth-order valence-electron chi connectivity index (χ4n) is 3.78. The van der Waals surface area contributed by atoms with Gasteiger partial charge in [-0.05, 0) is 52.2 Å². The lowest BCUT2D eigenvalue weighted by molar-refractivity contribution is -0.134. The molecule has 3 fully saturated rings. The van der Waals surface area contributed by atoms with Gasteiger partial charge < -0.3 is 10.2 Å². The first-order chi connectivity index (χ1) is 8.75. The molecular weight excluding hydrogens is 226 g/mol. The summed E-state index contributed by atoms with van der Waals surface area (Å²) in [5, 5.41) is 3.38. The largest absolute Gasteiger partial charge is 0.341 e. The van der Waals surface area contributed by atoms with Crippen molar-refractivity contribution in [1.29, 1.82) is 0 Å². The molecule has 0 saturated carbocycles. The van der Waals surface area contributed by atoms with E-state index in [4.69, 9.17) is 0 Å². The quantitative estimate of drug-likeness (QED) is 0.784. The number of amides is 1. The van der Waals surface area contributed by atoms with Gasteiger partial charge in [-0.1, -0.05) is 0 Å². The molecule has 4 heteroatoms. The smallest absolute Gasteiger partial charge is 0.227 e. The SMILES string of the molecule is CC1NCCC1C(=O)N1CCC(N2CCCC2)C1. The fraction of sp³-hybridized carbons (Fsp3) is 0.929. The number of hydrogen-bond donors (Lipinski definition) is 1. The molecule has 0 radical (unpaired) electrons. The first-order valence-corrected chi connectivity index (χ1v) is 7.52. The normalized spacial score (nSPS) is 37.6. The van der Waals surface area contributed by atoms with E-state index >= 15 is 0 Å². The third-order valence-electron chi connectivity index (χ3n) is 4.97. The molecule has 3 rings (SSSR count). The minimum Gasteiger partial charge on any atom is -0.341 e. The van der Waals surface area contributed by atoms with E-state index in [1.807, 2.05) is 0 Å². The second kappa shape index (κ2) is 5.17. The van der Waals surface area contributed by atoms with Gasteiger partial charge in [0.25, 0.3) is 0 Å². The zero-order valence-corrected chi connectivity index (χ0v) is 11.4. The highest BCUT2D eigenvalue weighted by molar-refractivity contribution is 5.80. The highest BCUT2D eigenvalue weighted by atomic mass is 16.2. The monoisotopic (exact) mass is 251 g/mol. The van der Waals surface area contributed by atoms with Crippen LogP contribution in [0.5, 0.6) is 0 Å². The molecule has 102 valence electrons. The summed E-state index contributed by atoms with van der Waals surface area (Å²) in [5.74, 6) is 0.622. The second-order valence-corrected chi connectivity index (χ2v) is 6.11. The minimum atomic E-state index is 0.224. The molecule has 1 amide bonds. The van der Waals surface area contributed by atoms with Crippen molar-refractivity contribution < 1.29 is 4.79 Å². The Morgan fingerprint density at radius 1 is 1.17 bits per heavy atom. The van der Waals surface area contributed by atoms with Gasteiger partial charge in [-0.2, -0.15) is 0 Å². The van der Waals surface area contributed by atoms with Crippen LogP contribution in [-0.4, -0.2) is 60.5 Å². The number of carbonyl (C=O) groups excluding carboxylic acids is 1. The molecule has 0 bridgehead atoms. The van der Waals surface area contributed by atoms with Crippen molar-refractivity contribution in [3.8, 4) is 0 Å². The van der Waals surface area contributed by atoms with Gasteiger partial charge >= 0.3 is 0 Å². The fourth-order valence-corrected chi connectivity index (χ4v) is 3.78. The molecule has 0 spiro atoms. The summed E-state index contributed by atoms with van der Waals surface area (Å²) in [5.41, 5.74) is 0. The predicted molar refractivity (Wildman–Crippen MR) is 71.4 cm³/mol. The summed E-state index contributed by atoms with van der Waals surface area (Å²) in [4.78, 5) is 17.2. The van der Waals surface area contributed by atoms with Crippen LogP contribution in [0.15, 0.2) is 0 Å². The van der Waals surface area contributed by atoms with Gasteiger partial charge in [0.2, 0.25) is 5.91 Å². The van der Waals surface area contributed by atoms with Crippen LogP contribution in [0.1, 0.15) is 32.6 Å². The molecule has 3 heterocycles. The van der Waals surface area contributed by atoms with Crippen molar-refractivity contribution in [2.75, 3.05) is 32.7 Å². The van der Waals surface area contributed by atoms with Gasteiger partial charge in [-0.15, -0.1) is 0 Å². The predicted octanol–water partition coefficient (Wildman–Crippen LogP) is 0.681. The van der Waals surface area contributed by atoms with Gasteiger partial charge in [0.15, 0.2) is 0 Å². The molecule has 0 aromatic rings. The van der Waals surface area contributed by atoms with Crippen LogP contribution in [0, 0.1) is 5.92 Å². The lowest BCUT2D eigenvalue weighted by Crippen LogP contribution is -2.41. The minimum absolute atomic E-state index is 0.224. The van der Waals surface area contributed by atoms with Gasteiger partial charge in [-0.3, -0.25) is 9.69 Å². The number of likely N-dealkylation sites (tertiary alicyclic amines) is 2. The van der Waals surface area contributed by atoms with E-state index in [1.54, 1.807) is 0 Å². The van der Waals surface area contributed by atoms with Crippen LogP contribution < -0.4 is 5.32 Å². The average molecular weight is 251 g/mol. The first-order valence-electron chi connectivity index (χ1n) is 7.52. The number of nitrogens with zero attached hydrogens (tertiary/aromatic N) is 2. The van der Waals surface area contributed by atoms with Gasteiger partial charge in [0.05, 0.1) is 5.92 Å². The second-order valence-electron chi connectivity index (χ2n) is 6.11. The number of carbonyl (C=O) groups is 1. The van der Waals surface area contributed by atoms with Crippen LogP contribution in [0.3, 0.4) is 0 Å². The third-order valence-corrected chi connectivity index (χ3v) is 4.97. The Morgan fingerprint density at radius 3 is 2.61 bits per heavy atom. The van der Waals surface area contributed by atoms with Gasteiger partial charge in [0, 0.05) is 25.2 Å². The van der Waals surface area contributed by atoms with Gasteiger partial charge in [-0.25, -0.2) is 0 Å². The Morgan fingerprint density at radius 2 is 1.94 bits per heavy atom. The Balaban J connectivity index is 1.56. The number of hydrogen-bond acceptors (Lipinski definition) is 3. The van der Waals surface area contributed by atoms with E-state index in [0.717, 1.165) is 26.1 Å². The summed E-state index contributed by atoms with van der Waals surface area (Å²) in [6.45, 7) is 7.58. The molecule has 1 N–H and O–H groups in total. The summed E-state index contributed by atoms with van der Waals surface area (Å²) in [6.07, 6.45) is 4.88. The lowest BCUT2D eigenvalue weighted by Gasteiger charge is -2.25. The van der Waals surface area contributed by atoms with Gasteiger partial charge in [0.1, 0.15) is 0 Å². The van der Waals surface area contributed by atoms with Crippen LogP contribution >= 0.6 is 0 Å². The average Bonchev–Trinajstić information content (AvgIpc) is 3.09. The Bertz CT molecular complexity index is 314. The summed E-state index contributed by atoms with van der Waals surface area (Å²) in [7, 11) is 0. The summed E-state index contributed by atoms with van der Waals surface area (Å²) in [6, 6.07) is 1.00. The van der Waals surface area contributed by atoms with Crippen LogP contribution in [0.2, 0.25) is 0 Å². The number of nitrogens with one attached hydrogen (secondary N) is 1. The van der Waals surface area contributed by atoms with E-state index in [2.05, 4.69) is 22.0 Å². The van der Waals surface area contributed by atoms with Crippen molar-refractivity contribution in [2.45, 2.75) is 44.7 Å². The molecule has 18 heavy (non-hydrogen) atoms. The molecular formula is C14H25N3O.